The highest BCUT2D eigenvalue weighted by Crippen LogP contribution is 2.44. The summed E-state index contributed by atoms with van der Waals surface area (Å²) in [6.45, 7) is -0.294. The standard InChI is InChI=1S/C60H49F6N17O3/c1-80-31-74-78-55(80)40-12-10-37(54(70)84)18-44(40)39-20-51(77-53(22-39)82-29-46-42(57(82)85)7-3-8-48(46)59(61,62)63)73-27-36(24-69)28-81-32-75-79-56(81)41-11-9-34(23-68)15-43(41)38-19-50(72-14-4-13-67)76-52(21-38)83-30-47-45(58(83)86)16-35(17-49(47)60(64,65)66)26-71-25-33-5-2-6-33/h3,7-12,15-22,31-33,36,71H,2,4-6,14,25-30H2,1H3,(H2,70,84)(H,72,76)(H,73,77). The van der Waals surface area contributed by atoms with Crippen molar-refractivity contribution in [1.29, 1.82) is 15.8 Å². The molecule has 3 aliphatic rings. The first-order valence-electron chi connectivity index (χ1n) is 27.1. The van der Waals surface area contributed by atoms with E-state index in [1.54, 1.807) is 46.5 Å². The first-order chi connectivity index (χ1) is 41.3. The average Bonchev–Trinajstić information content (AvgIpc) is 1.65. The quantitative estimate of drug-likeness (QED) is 0.0433. The molecule has 3 amide bonds. The lowest BCUT2D eigenvalue weighted by molar-refractivity contribution is -0.139. The third-order valence-corrected chi connectivity index (χ3v) is 15.4. The van der Waals surface area contributed by atoms with Crippen LogP contribution in [0.2, 0.25) is 0 Å². The lowest BCUT2D eigenvalue weighted by atomic mass is 9.85. The molecule has 0 bridgehead atoms. The predicted octanol–water partition coefficient (Wildman–Crippen LogP) is 9.66. The molecule has 1 atom stereocenters. The zero-order valence-corrected chi connectivity index (χ0v) is 45.6. The monoisotopic (exact) mass is 1170 g/mol. The van der Waals surface area contributed by atoms with Crippen LogP contribution in [0.25, 0.3) is 45.0 Å². The van der Waals surface area contributed by atoms with Gasteiger partial charge >= 0.3 is 12.4 Å². The number of hydrogen-bond donors (Lipinski definition) is 4. The number of nitrogens with zero attached hydrogens (tertiary/aromatic N) is 13. The van der Waals surface area contributed by atoms with Gasteiger partial charge in [-0.1, -0.05) is 12.5 Å². The van der Waals surface area contributed by atoms with Crippen LogP contribution in [0.1, 0.15) is 90.1 Å². The van der Waals surface area contributed by atoms with Crippen LogP contribution in [0.5, 0.6) is 0 Å². The number of hydrogen-bond acceptors (Lipinski definition) is 15. The second kappa shape index (κ2) is 23.3. The molecule has 4 aromatic carbocycles. The van der Waals surface area contributed by atoms with Crippen LogP contribution < -0.4 is 31.5 Å². The lowest BCUT2D eigenvalue weighted by Gasteiger charge is -2.25. The summed E-state index contributed by atoms with van der Waals surface area (Å²) in [5, 5.41) is 56.7. The number of carbonyl (C=O) groups excluding carboxylic acids is 3. The fourth-order valence-electron chi connectivity index (χ4n) is 10.9. The van der Waals surface area contributed by atoms with Crippen molar-refractivity contribution in [2.45, 2.75) is 64.2 Å². The van der Waals surface area contributed by atoms with Gasteiger partial charge in [0.15, 0.2) is 11.6 Å². The van der Waals surface area contributed by atoms with Crippen LogP contribution in [0, 0.1) is 45.8 Å². The maximum atomic E-state index is 14.8. The minimum atomic E-state index is -4.79. The van der Waals surface area contributed by atoms with E-state index in [4.69, 9.17) is 10.7 Å². The number of aryl methyl sites for hydroxylation is 1. The summed E-state index contributed by atoms with van der Waals surface area (Å²) >= 11 is 0. The number of anilines is 4. The third kappa shape index (κ3) is 11.5. The molecule has 0 saturated heterocycles. The molecule has 6 heterocycles. The van der Waals surface area contributed by atoms with E-state index < -0.39 is 60.2 Å². The first-order valence-corrected chi connectivity index (χ1v) is 27.1. The van der Waals surface area contributed by atoms with Crippen molar-refractivity contribution in [3.63, 3.8) is 0 Å². The fourth-order valence-corrected chi connectivity index (χ4v) is 10.9. The number of amides is 3. The van der Waals surface area contributed by atoms with Gasteiger partial charge in [0.05, 0.1) is 60.3 Å². The molecule has 86 heavy (non-hydrogen) atoms. The molecule has 2 aliphatic heterocycles. The Morgan fingerprint density at radius 3 is 1.99 bits per heavy atom. The van der Waals surface area contributed by atoms with Gasteiger partial charge in [-0.15, -0.1) is 20.4 Å². The van der Waals surface area contributed by atoms with Crippen molar-refractivity contribution >= 4 is 41.0 Å². The number of nitrogens with one attached hydrogen (secondary N) is 3. The number of fused-ring (bicyclic) bond motifs is 2. The van der Waals surface area contributed by atoms with Crippen molar-refractivity contribution < 1.29 is 40.7 Å². The molecule has 1 unspecified atom stereocenters. The molecule has 20 nitrogen and oxygen atoms in total. The molecular formula is C60H49F6N17O3. The Hall–Kier alpha value is -10.5. The number of pyridine rings is 2. The Kier molecular flexibility index (Phi) is 15.5. The summed E-state index contributed by atoms with van der Waals surface area (Å²) in [5.41, 5.74) is 5.92. The molecule has 1 aliphatic carbocycles. The molecule has 434 valence electrons. The van der Waals surface area contributed by atoms with Gasteiger partial charge in [0.2, 0.25) is 5.91 Å². The van der Waals surface area contributed by atoms with Crippen molar-refractivity contribution in [3.8, 4) is 63.2 Å². The topological polar surface area (TPSA) is 278 Å². The van der Waals surface area contributed by atoms with Crippen molar-refractivity contribution in [2.24, 2.45) is 24.6 Å². The van der Waals surface area contributed by atoms with Crippen LogP contribution in [-0.4, -0.2) is 76.9 Å². The van der Waals surface area contributed by atoms with Gasteiger partial charge in [-0.3, -0.25) is 24.2 Å². The maximum Gasteiger partial charge on any atom is 0.416 e. The van der Waals surface area contributed by atoms with E-state index in [1.165, 1.54) is 55.1 Å². The van der Waals surface area contributed by atoms with Crippen LogP contribution >= 0.6 is 0 Å². The van der Waals surface area contributed by atoms with E-state index in [9.17, 15) is 56.5 Å². The van der Waals surface area contributed by atoms with E-state index in [0.717, 1.165) is 47.3 Å². The third-order valence-electron chi connectivity index (χ3n) is 15.4. The Bertz CT molecular complexity index is 4150. The highest BCUT2D eigenvalue weighted by molar-refractivity contribution is 6.11. The highest BCUT2D eigenvalue weighted by atomic mass is 19.4. The molecule has 0 spiro atoms. The molecule has 26 heteroatoms. The summed E-state index contributed by atoms with van der Waals surface area (Å²) < 4.78 is 90.7. The van der Waals surface area contributed by atoms with Crippen molar-refractivity contribution in [3.05, 3.63) is 154 Å². The van der Waals surface area contributed by atoms with E-state index >= 15 is 0 Å². The number of halogens is 6. The number of nitriles is 3. The average molecular weight is 1170 g/mol. The molecular weight excluding hydrogens is 1120 g/mol. The minimum absolute atomic E-state index is 0.0256. The Morgan fingerprint density at radius 2 is 1.36 bits per heavy atom. The smallest absolute Gasteiger partial charge is 0.369 e. The zero-order chi connectivity index (χ0) is 60.6. The number of alkyl halides is 6. The molecule has 1 saturated carbocycles. The number of primary amides is 1. The molecule has 4 aromatic heterocycles. The van der Waals surface area contributed by atoms with Crippen molar-refractivity contribution in [2.75, 3.05) is 40.1 Å². The van der Waals surface area contributed by atoms with Gasteiger partial charge in [0, 0.05) is 61.0 Å². The number of rotatable bonds is 19. The van der Waals surface area contributed by atoms with E-state index in [-0.39, 0.29) is 95.1 Å². The lowest BCUT2D eigenvalue weighted by Crippen LogP contribution is -2.27. The van der Waals surface area contributed by atoms with Gasteiger partial charge in [-0.25, -0.2) is 9.97 Å². The van der Waals surface area contributed by atoms with E-state index in [0.29, 0.717) is 57.2 Å². The van der Waals surface area contributed by atoms with Gasteiger partial charge < -0.3 is 30.8 Å². The number of benzene rings is 4. The largest absolute Gasteiger partial charge is 0.416 e. The minimum Gasteiger partial charge on any atom is -0.369 e. The van der Waals surface area contributed by atoms with Crippen LogP contribution in [0.4, 0.5) is 49.6 Å². The molecule has 0 radical (unpaired) electrons. The summed E-state index contributed by atoms with van der Waals surface area (Å²) in [6.07, 6.45) is -3.49. The Morgan fingerprint density at radius 1 is 0.721 bits per heavy atom. The summed E-state index contributed by atoms with van der Waals surface area (Å²) in [7, 11) is 1.70. The summed E-state index contributed by atoms with van der Waals surface area (Å²) in [5.74, 6) is -1.99. The Balaban J connectivity index is 0.921. The number of nitrogens with two attached hydrogens (primary N) is 1. The van der Waals surface area contributed by atoms with Gasteiger partial charge in [-0.05, 0) is 149 Å². The van der Waals surface area contributed by atoms with Crippen LogP contribution in [0.3, 0.4) is 0 Å². The number of carbonyl (C=O) groups is 3. The molecule has 5 N–H and O–H groups in total. The first kappa shape index (κ1) is 57.3. The zero-order valence-electron chi connectivity index (χ0n) is 45.6. The second-order valence-corrected chi connectivity index (χ2v) is 21.0. The van der Waals surface area contributed by atoms with Crippen LogP contribution in [-0.2, 0) is 45.6 Å². The molecule has 8 aromatic rings. The molecule has 11 rings (SSSR count). The normalized spacial score (nSPS) is 14.3. The van der Waals surface area contributed by atoms with E-state index in [2.05, 4.69) is 53.5 Å². The predicted molar refractivity (Wildman–Crippen MR) is 301 cm³/mol. The maximum absolute atomic E-state index is 14.8. The van der Waals surface area contributed by atoms with Crippen LogP contribution in [0.15, 0.2) is 104 Å². The summed E-state index contributed by atoms with van der Waals surface area (Å²) in [6, 6.07) is 27.8. The highest BCUT2D eigenvalue weighted by Gasteiger charge is 2.42. The van der Waals surface area contributed by atoms with Gasteiger partial charge in [0.1, 0.15) is 35.9 Å². The second-order valence-electron chi connectivity index (χ2n) is 21.0. The molecule has 1 fully saturated rings. The van der Waals surface area contributed by atoms with Gasteiger partial charge in [-0.2, -0.15) is 42.1 Å². The SMILES string of the molecule is Cn1cnnc1-c1ccc(C(N)=O)cc1-c1cc(NCC(C#N)Cn2cnnc2-c2ccc(C#N)cc2-c2cc(NCCC#N)nc(N3Cc4c(cc(CNCC5CCC5)cc4C(F)(F)F)C3=O)c2)nc(N2Cc3c(cccc3C(F)(F)F)C2=O)c1. The summed E-state index contributed by atoms with van der Waals surface area (Å²) in [4.78, 5) is 52.7. The fraction of sp³-hybridized carbons (Fsp3) is 0.267. The van der Waals surface area contributed by atoms with E-state index in [1.807, 2.05) is 6.07 Å². The van der Waals surface area contributed by atoms with Crippen molar-refractivity contribution in [1.82, 2.24) is 44.8 Å². The van der Waals surface area contributed by atoms with Gasteiger partial charge in [0.25, 0.3) is 11.8 Å². The number of aromatic nitrogens is 8. The Labute approximate surface area is 486 Å².